The van der Waals surface area contributed by atoms with Crippen molar-refractivity contribution in [2.45, 2.75) is 39.0 Å². The lowest BCUT2D eigenvalue weighted by atomic mass is 9.81. The van der Waals surface area contributed by atoms with Crippen molar-refractivity contribution in [3.8, 4) is 0 Å². The molecule has 0 spiro atoms. The summed E-state index contributed by atoms with van der Waals surface area (Å²) in [5.41, 5.74) is 1.76. The van der Waals surface area contributed by atoms with Crippen LogP contribution < -0.4 is 5.32 Å². The minimum Gasteiger partial charge on any atom is -0.326 e. The van der Waals surface area contributed by atoms with Crippen molar-refractivity contribution in [3.63, 3.8) is 0 Å². The van der Waals surface area contributed by atoms with Crippen LogP contribution in [0.5, 0.6) is 0 Å². The van der Waals surface area contributed by atoms with E-state index in [1.807, 2.05) is 31.2 Å². The van der Waals surface area contributed by atoms with E-state index in [0.29, 0.717) is 0 Å². The minimum atomic E-state index is -0.172. The van der Waals surface area contributed by atoms with Crippen LogP contribution in [0.2, 0.25) is 0 Å². The lowest BCUT2D eigenvalue weighted by molar-refractivity contribution is -0.140. The largest absolute Gasteiger partial charge is 0.326 e. The quantitative estimate of drug-likeness (QED) is 0.868. The molecular formula is C18H22N2O3. The van der Waals surface area contributed by atoms with Gasteiger partial charge in [0.2, 0.25) is 17.7 Å². The highest BCUT2D eigenvalue weighted by Gasteiger charge is 2.47. The van der Waals surface area contributed by atoms with Gasteiger partial charge in [-0.3, -0.25) is 19.3 Å². The van der Waals surface area contributed by atoms with Crippen molar-refractivity contribution in [1.29, 1.82) is 0 Å². The zero-order valence-electron chi connectivity index (χ0n) is 13.4. The molecule has 1 saturated carbocycles. The number of fused-ring (bicyclic) bond motifs is 1. The van der Waals surface area contributed by atoms with Crippen LogP contribution in [-0.2, 0) is 14.4 Å². The molecule has 1 aromatic rings. The number of rotatable bonds is 4. The number of imide groups is 1. The molecule has 3 amide bonds. The van der Waals surface area contributed by atoms with Crippen LogP contribution in [0, 0.1) is 18.8 Å². The first-order valence-electron chi connectivity index (χ1n) is 8.28. The van der Waals surface area contributed by atoms with Gasteiger partial charge in [-0.05, 0) is 31.4 Å². The summed E-state index contributed by atoms with van der Waals surface area (Å²) in [5.74, 6) is -0.618. The first-order chi connectivity index (χ1) is 11.1. The number of carbonyl (C=O) groups is 3. The Morgan fingerprint density at radius 2 is 1.74 bits per heavy atom. The van der Waals surface area contributed by atoms with Gasteiger partial charge in [0, 0.05) is 18.7 Å². The summed E-state index contributed by atoms with van der Waals surface area (Å²) in [5, 5.41) is 2.84. The minimum absolute atomic E-state index is 0.0802. The third-order valence-corrected chi connectivity index (χ3v) is 4.91. The number of benzene rings is 1. The fourth-order valence-corrected chi connectivity index (χ4v) is 3.59. The predicted octanol–water partition coefficient (Wildman–Crippen LogP) is 2.50. The molecule has 23 heavy (non-hydrogen) atoms. The molecule has 3 rings (SSSR count). The van der Waals surface area contributed by atoms with Crippen LogP contribution in [0.1, 0.15) is 37.7 Å². The van der Waals surface area contributed by atoms with E-state index in [1.54, 1.807) is 0 Å². The Kier molecular flexibility index (Phi) is 4.46. The van der Waals surface area contributed by atoms with Crippen LogP contribution in [0.4, 0.5) is 5.69 Å². The van der Waals surface area contributed by atoms with Gasteiger partial charge in [-0.25, -0.2) is 0 Å². The summed E-state index contributed by atoms with van der Waals surface area (Å²) in [6.45, 7) is 2.11. The number of aryl methyl sites for hydroxylation is 1. The number of hydrogen-bond donors (Lipinski definition) is 1. The summed E-state index contributed by atoms with van der Waals surface area (Å²) in [4.78, 5) is 38.1. The second-order valence-electron chi connectivity index (χ2n) is 6.44. The standard InChI is InChI=1S/C18H22N2O3/c1-12-6-2-5-9-15(12)19-16(21)10-11-20-17(22)13-7-3-4-8-14(13)18(20)23/h2,5-6,9,13-14H,3-4,7-8,10-11H2,1H3,(H,19,21). The number of likely N-dealkylation sites (tertiary alicyclic amines) is 1. The lowest BCUT2D eigenvalue weighted by Gasteiger charge is -2.19. The highest BCUT2D eigenvalue weighted by Crippen LogP contribution is 2.37. The second-order valence-corrected chi connectivity index (χ2v) is 6.44. The van der Waals surface area contributed by atoms with Crippen molar-refractivity contribution in [2.75, 3.05) is 11.9 Å². The van der Waals surface area contributed by atoms with Gasteiger partial charge in [-0.1, -0.05) is 31.0 Å². The average Bonchev–Trinajstić information content (AvgIpc) is 2.80. The fraction of sp³-hybridized carbons (Fsp3) is 0.500. The Labute approximate surface area is 136 Å². The van der Waals surface area contributed by atoms with Gasteiger partial charge in [0.1, 0.15) is 0 Å². The molecule has 0 bridgehead atoms. The topological polar surface area (TPSA) is 66.5 Å². The molecule has 0 aromatic heterocycles. The summed E-state index contributed by atoms with van der Waals surface area (Å²) in [6, 6.07) is 7.54. The number of nitrogens with zero attached hydrogens (tertiary/aromatic N) is 1. The molecule has 1 aliphatic carbocycles. The maximum absolute atomic E-state index is 12.3. The van der Waals surface area contributed by atoms with E-state index >= 15 is 0 Å². The molecule has 1 aliphatic heterocycles. The smallest absolute Gasteiger partial charge is 0.233 e. The second kappa shape index (κ2) is 6.52. The summed E-state index contributed by atoms with van der Waals surface area (Å²) in [7, 11) is 0. The summed E-state index contributed by atoms with van der Waals surface area (Å²) in [6.07, 6.45) is 3.79. The number of nitrogens with one attached hydrogen (secondary N) is 1. The Balaban J connectivity index is 1.58. The van der Waals surface area contributed by atoms with Crippen molar-refractivity contribution in [3.05, 3.63) is 29.8 Å². The summed E-state index contributed by atoms with van der Waals surface area (Å²) < 4.78 is 0. The average molecular weight is 314 g/mol. The van der Waals surface area contributed by atoms with Gasteiger partial charge in [-0.15, -0.1) is 0 Å². The normalized spacial score (nSPS) is 23.8. The van der Waals surface area contributed by atoms with Crippen molar-refractivity contribution in [1.82, 2.24) is 4.90 Å². The molecule has 0 radical (unpaired) electrons. The molecule has 1 aromatic carbocycles. The molecule has 2 fully saturated rings. The van der Waals surface area contributed by atoms with E-state index in [4.69, 9.17) is 0 Å². The van der Waals surface area contributed by atoms with Gasteiger partial charge in [0.25, 0.3) is 0 Å². The monoisotopic (exact) mass is 314 g/mol. The molecule has 1 heterocycles. The molecule has 1 saturated heterocycles. The Bertz CT molecular complexity index is 617. The molecule has 122 valence electrons. The van der Waals surface area contributed by atoms with Crippen LogP contribution in [0.3, 0.4) is 0 Å². The van der Waals surface area contributed by atoms with Crippen molar-refractivity contribution >= 4 is 23.4 Å². The number of para-hydroxylation sites is 1. The van der Waals surface area contributed by atoms with Gasteiger partial charge in [0.15, 0.2) is 0 Å². The van der Waals surface area contributed by atoms with Gasteiger partial charge >= 0.3 is 0 Å². The van der Waals surface area contributed by atoms with Gasteiger partial charge < -0.3 is 5.32 Å². The van der Waals surface area contributed by atoms with E-state index < -0.39 is 0 Å². The van der Waals surface area contributed by atoms with E-state index in [9.17, 15) is 14.4 Å². The zero-order valence-corrected chi connectivity index (χ0v) is 13.4. The van der Waals surface area contributed by atoms with E-state index in [0.717, 1.165) is 36.9 Å². The number of hydrogen-bond acceptors (Lipinski definition) is 3. The maximum atomic E-state index is 12.3. The van der Waals surface area contributed by atoms with Gasteiger partial charge in [0.05, 0.1) is 11.8 Å². The highest BCUT2D eigenvalue weighted by atomic mass is 16.2. The molecular weight excluding hydrogens is 292 g/mol. The van der Waals surface area contributed by atoms with Crippen LogP contribution in [-0.4, -0.2) is 29.2 Å². The molecule has 2 atom stereocenters. The molecule has 1 N–H and O–H groups in total. The summed E-state index contributed by atoms with van der Waals surface area (Å²) >= 11 is 0. The first kappa shape index (κ1) is 15.7. The number of carbonyl (C=O) groups excluding carboxylic acids is 3. The number of amides is 3. The number of anilines is 1. The Hall–Kier alpha value is -2.17. The van der Waals surface area contributed by atoms with Gasteiger partial charge in [-0.2, -0.15) is 0 Å². The fourth-order valence-electron chi connectivity index (χ4n) is 3.59. The first-order valence-corrected chi connectivity index (χ1v) is 8.28. The zero-order chi connectivity index (χ0) is 16.4. The van der Waals surface area contributed by atoms with Crippen LogP contribution in [0.15, 0.2) is 24.3 Å². The van der Waals surface area contributed by atoms with E-state index in [1.165, 1.54) is 4.90 Å². The maximum Gasteiger partial charge on any atom is 0.233 e. The molecule has 2 aliphatic rings. The molecule has 5 nitrogen and oxygen atoms in total. The predicted molar refractivity (Wildman–Crippen MR) is 86.6 cm³/mol. The van der Waals surface area contributed by atoms with E-state index in [2.05, 4.69) is 5.32 Å². The molecule has 5 heteroatoms. The Morgan fingerprint density at radius 1 is 1.13 bits per heavy atom. The molecule has 2 unspecified atom stereocenters. The van der Waals surface area contributed by atoms with Crippen molar-refractivity contribution in [2.24, 2.45) is 11.8 Å². The van der Waals surface area contributed by atoms with E-state index in [-0.39, 0.29) is 42.5 Å². The van der Waals surface area contributed by atoms with Crippen molar-refractivity contribution < 1.29 is 14.4 Å². The third kappa shape index (κ3) is 3.14. The SMILES string of the molecule is Cc1ccccc1NC(=O)CCN1C(=O)C2CCCCC2C1=O. The van der Waals surface area contributed by atoms with Crippen LogP contribution in [0.25, 0.3) is 0 Å². The lowest BCUT2D eigenvalue weighted by Crippen LogP contribution is -2.34. The third-order valence-electron chi connectivity index (χ3n) is 4.91. The highest BCUT2D eigenvalue weighted by molar-refractivity contribution is 6.05. The Morgan fingerprint density at radius 3 is 2.35 bits per heavy atom. The van der Waals surface area contributed by atoms with Crippen LogP contribution >= 0.6 is 0 Å².